The van der Waals surface area contributed by atoms with Crippen molar-refractivity contribution in [2.24, 2.45) is 5.92 Å². The quantitative estimate of drug-likeness (QED) is 0.314. The fraction of sp³-hybridized carbons (Fsp3) is 0.219. The van der Waals surface area contributed by atoms with Gasteiger partial charge in [-0.15, -0.1) is 0 Å². The third-order valence-electron chi connectivity index (χ3n) is 6.79. The summed E-state index contributed by atoms with van der Waals surface area (Å²) in [6, 6.07) is 26.2. The number of amides is 2. The number of pyridine rings is 1. The van der Waals surface area contributed by atoms with E-state index >= 15 is 0 Å². The van der Waals surface area contributed by atoms with Gasteiger partial charge >= 0.3 is 0 Å². The molecule has 8 nitrogen and oxygen atoms in total. The Morgan fingerprint density at radius 1 is 1.00 bits per heavy atom. The Balaban J connectivity index is 1.29. The SMILES string of the molecule is C[C@H]1CNC(=O)c2cccc(NC(=O)c3ccncc3)c2O[C@@H]1CN(C)Cc1ccc(Oc2ccccc2)cc1. The second-order valence-electron chi connectivity index (χ2n) is 9.97. The van der Waals surface area contributed by atoms with E-state index in [1.165, 1.54) is 0 Å². The summed E-state index contributed by atoms with van der Waals surface area (Å²) in [5.74, 6) is 1.45. The summed E-state index contributed by atoms with van der Waals surface area (Å²) in [5.41, 5.74) is 2.44. The predicted octanol–water partition coefficient (Wildman–Crippen LogP) is 5.39. The van der Waals surface area contributed by atoms with Gasteiger partial charge in [-0.1, -0.05) is 43.3 Å². The molecule has 1 aliphatic heterocycles. The normalized spacial score (nSPS) is 16.6. The van der Waals surface area contributed by atoms with Gasteiger partial charge in [0.25, 0.3) is 11.8 Å². The van der Waals surface area contributed by atoms with Crippen LogP contribution in [-0.4, -0.2) is 47.9 Å². The largest absolute Gasteiger partial charge is 0.486 e. The second-order valence-corrected chi connectivity index (χ2v) is 9.97. The van der Waals surface area contributed by atoms with Gasteiger partial charge in [0.05, 0.1) is 11.3 Å². The van der Waals surface area contributed by atoms with E-state index in [1.807, 2.05) is 49.5 Å². The van der Waals surface area contributed by atoms with Crippen molar-refractivity contribution in [3.05, 3.63) is 114 Å². The number of carbonyl (C=O) groups excluding carboxylic acids is 2. The fourth-order valence-corrected chi connectivity index (χ4v) is 4.58. The lowest BCUT2D eigenvalue weighted by molar-refractivity contribution is 0.0777. The van der Waals surface area contributed by atoms with Crippen molar-refractivity contribution >= 4 is 17.5 Å². The van der Waals surface area contributed by atoms with Crippen LogP contribution in [0, 0.1) is 5.92 Å². The molecule has 0 unspecified atom stereocenters. The lowest BCUT2D eigenvalue weighted by Crippen LogP contribution is -2.44. The van der Waals surface area contributed by atoms with E-state index < -0.39 is 0 Å². The molecule has 0 spiro atoms. The number of benzene rings is 3. The van der Waals surface area contributed by atoms with Crippen molar-refractivity contribution in [3.8, 4) is 17.2 Å². The molecular weight excluding hydrogens is 504 g/mol. The smallest absolute Gasteiger partial charge is 0.255 e. The van der Waals surface area contributed by atoms with Crippen LogP contribution in [0.1, 0.15) is 33.2 Å². The average Bonchev–Trinajstić information content (AvgIpc) is 2.97. The van der Waals surface area contributed by atoms with Gasteiger partial charge in [-0.05, 0) is 61.1 Å². The molecule has 0 bridgehead atoms. The summed E-state index contributed by atoms with van der Waals surface area (Å²) in [5, 5.41) is 5.92. The Hall–Kier alpha value is -4.69. The number of fused-ring (bicyclic) bond motifs is 1. The molecule has 1 aromatic heterocycles. The van der Waals surface area contributed by atoms with E-state index in [4.69, 9.17) is 9.47 Å². The molecule has 204 valence electrons. The highest BCUT2D eigenvalue weighted by atomic mass is 16.5. The summed E-state index contributed by atoms with van der Waals surface area (Å²) < 4.78 is 12.4. The summed E-state index contributed by atoms with van der Waals surface area (Å²) in [7, 11) is 2.04. The van der Waals surface area contributed by atoms with Crippen molar-refractivity contribution < 1.29 is 19.1 Å². The van der Waals surface area contributed by atoms with Gasteiger partial charge in [-0.25, -0.2) is 0 Å². The Kier molecular flexibility index (Phi) is 8.37. The fourth-order valence-electron chi connectivity index (χ4n) is 4.58. The van der Waals surface area contributed by atoms with Crippen LogP contribution in [-0.2, 0) is 6.54 Å². The molecule has 0 radical (unpaired) electrons. The monoisotopic (exact) mass is 536 g/mol. The summed E-state index contributed by atoms with van der Waals surface area (Å²) >= 11 is 0. The highest BCUT2D eigenvalue weighted by molar-refractivity contribution is 6.07. The van der Waals surface area contributed by atoms with Crippen LogP contribution in [0.5, 0.6) is 17.2 Å². The van der Waals surface area contributed by atoms with Gasteiger partial charge in [-0.3, -0.25) is 19.5 Å². The minimum atomic E-state index is -0.303. The molecule has 0 fully saturated rings. The number of hydrogen-bond donors (Lipinski definition) is 2. The van der Waals surface area contributed by atoms with Crippen LogP contribution < -0.4 is 20.1 Å². The molecule has 0 saturated carbocycles. The van der Waals surface area contributed by atoms with E-state index in [2.05, 4.69) is 39.6 Å². The third kappa shape index (κ3) is 6.65. The maximum absolute atomic E-state index is 12.9. The molecule has 2 amide bonds. The molecule has 0 saturated heterocycles. The number of nitrogens with one attached hydrogen (secondary N) is 2. The van der Waals surface area contributed by atoms with Crippen LogP contribution in [0.25, 0.3) is 0 Å². The van der Waals surface area contributed by atoms with Crippen LogP contribution >= 0.6 is 0 Å². The number of hydrogen-bond acceptors (Lipinski definition) is 6. The number of para-hydroxylation sites is 2. The Labute approximate surface area is 234 Å². The highest BCUT2D eigenvalue weighted by Crippen LogP contribution is 2.33. The molecular formula is C32H32N4O4. The zero-order valence-electron chi connectivity index (χ0n) is 22.5. The Morgan fingerprint density at radius 3 is 2.48 bits per heavy atom. The molecule has 1 aliphatic rings. The van der Waals surface area contributed by atoms with Gasteiger partial charge < -0.3 is 20.1 Å². The van der Waals surface area contributed by atoms with Gasteiger partial charge in [0.15, 0.2) is 5.75 Å². The number of carbonyl (C=O) groups is 2. The Bertz CT molecular complexity index is 1450. The lowest BCUT2D eigenvalue weighted by Gasteiger charge is -2.32. The third-order valence-corrected chi connectivity index (χ3v) is 6.79. The zero-order valence-corrected chi connectivity index (χ0v) is 22.5. The van der Waals surface area contributed by atoms with Gasteiger partial charge in [0.2, 0.25) is 0 Å². The predicted molar refractivity (Wildman–Crippen MR) is 154 cm³/mol. The minimum Gasteiger partial charge on any atom is -0.486 e. The molecule has 8 heteroatoms. The maximum Gasteiger partial charge on any atom is 0.255 e. The molecule has 40 heavy (non-hydrogen) atoms. The number of ether oxygens (including phenoxy) is 2. The van der Waals surface area contributed by atoms with Gasteiger partial charge in [0.1, 0.15) is 17.6 Å². The van der Waals surface area contributed by atoms with Crippen LogP contribution in [0.15, 0.2) is 97.3 Å². The molecule has 4 aromatic rings. The van der Waals surface area contributed by atoms with Crippen molar-refractivity contribution in [2.75, 3.05) is 25.5 Å². The van der Waals surface area contributed by atoms with Crippen LogP contribution in [0.2, 0.25) is 0 Å². The molecule has 2 heterocycles. The maximum atomic E-state index is 12.9. The van der Waals surface area contributed by atoms with E-state index in [9.17, 15) is 9.59 Å². The molecule has 0 aliphatic carbocycles. The van der Waals surface area contributed by atoms with E-state index in [0.717, 1.165) is 17.1 Å². The first-order chi connectivity index (χ1) is 19.5. The minimum absolute atomic E-state index is 0.0325. The van der Waals surface area contributed by atoms with E-state index in [1.54, 1.807) is 42.7 Å². The second kappa shape index (κ2) is 12.4. The van der Waals surface area contributed by atoms with Crippen molar-refractivity contribution in [3.63, 3.8) is 0 Å². The topological polar surface area (TPSA) is 92.8 Å². The summed E-state index contributed by atoms with van der Waals surface area (Å²) in [6.07, 6.45) is 2.89. The number of anilines is 1. The van der Waals surface area contributed by atoms with Crippen LogP contribution in [0.4, 0.5) is 5.69 Å². The molecule has 2 atom stereocenters. The molecule has 2 N–H and O–H groups in total. The average molecular weight is 537 g/mol. The van der Waals surface area contributed by atoms with Gasteiger partial charge in [0, 0.05) is 43.5 Å². The summed E-state index contributed by atoms with van der Waals surface area (Å²) in [4.78, 5) is 31.9. The number of nitrogens with zero attached hydrogens (tertiary/aromatic N) is 2. The first-order valence-corrected chi connectivity index (χ1v) is 13.3. The van der Waals surface area contributed by atoms with E-state index in [-0.39, 0.29) is 23.8 Å². The number of likely N-dealkylation sites (N-methyl/N-ethyl adjacent to an activating group) is 1. The highest BCUT2D eigenvalue weighted by Gasteiger charge is 2.29. The van der Waals surface area contributed by atoms with E-state index in [0.29, 0.717) is 42.2 Å². The first kappa shape index (κ1) is 26.9. The Morgan fingerprint density at radius 2 is 1.73 bits per heavy atom. The first-order valence-electron chi connectivity index (χ1n) is 13.3. The van der Waals surface area contributed by atoms with Crippen LogP contribution in [0.3, 0.4) is 0 Å². The van der Waals surface area contributed by atoms with Crippen molar-refractivity contribution in [1.82, 2.24) is 15.2 Å². The lowest BCUT2D eigenvalue weighted by atomic mass is 10.0. The number of aromatic nitrogens is 1. The molecule has 5 rings (SSSR count). The molecule has 3 aromatic carbocycles. The van der Waals surface area contributed by atoms with Gasteiger partial charge in [-0.2, -0.15) is 0 Å². The standard InChI is InChI=1S/C32H32N4O4/c1-22-19-34-32(38)27-9-6-10-28(35-31(37)24-15-17-33-18-16-24)30(27)40-29(22)21-36(2)20-23-11-13-26(14-12-23)39-25-7-4-3-5-8-25/h3-18,22,29H,19-21H2,1-2H3,(H,34,38)(H,35,37)/t22-,29+/m0/s1. The van der Waals surface area contributed by atoms with Crippen molar-refractivity contribution in [2.45, 2.75) is 19.6 Å². The zero-order chi connectivity index (χ0) is 27.9. The summed E-state index contributed by atoms with van der Waals surface area (Å²) in [6.45, 7) is 3.86. The number of rotatable bonds is 8. The van der Waals surface area contributed by atoms with Crippen molar-refractivity contribution in [1.29, 1.82) is 0 Å².